The normalized spacial score (nSPS) is 20.6. The van der Waals surface area contributed by atoms with E-state index in [1.807, 2.05) is 48.5 Å². The molecule has 0 spiro atoms. The average molecular weight is 581 g/mol. The van der Waals surface area contributed by atoms with Crippen molar-refractivity contribution in [2.45, 2.75) is 36.2 Å². The quantitative estimate of drug-likeness (QED) is 0.179. The number of aliphatic hydroxyl groups excluding tert-OH is 1. The van der Waals surface area contributed by atoms with E-state index in [9.17, 15) is 18.3 Å². The SMILES string of the molecule is O=C1OC(CCc2ccccc2)(c2ccccc2)C(C2CC2)C(O)=C1Nc1cccc(NS(=O)(=O)c2ccccc2)c1. The van der Waals surface area contributed by atoms with E-state index >= 15 is 0 Å². The van der Waals surface area contributed by atoms with Crippen molar-refractivity contribution in [2.75, 3.05) is 10.0 Å². The van der Waals surface area contributed by atoms with Crippen molar-refractivity contribution in [2.24, 2.45) is 11.8 Å². The highest BCUT2D eigenvalue weighted by Crippen LogP contribution is 2.55. The van der Waals surface area contributed by atoms with Crippen LogP contribution >= 0.6 is 0 Å². The van der Waals surface area contributed by atoms with Gasteiger partial charge in [0.25, 0.3) is 10.0 Å². The number of carbonyl (C=O) groups excluding carboxylic acids is 1. The Hall–Kier alpha value is -4.56. The third kappa shape index (κ3) is 5.63. The van der Waals surface area contributed by atoms with Crippen LogP contribution in [0.25, 0.3) is 0 Å². The summed E-state index contributed by atoms with van der Waals surface area (Å²) < 4.78 is 34.7. The van der Waals surface area contributed by atoms with Crippen LogP contribution in [-0.2, 0) is 31.6 Å². The molecule has 2 unspecified atom stereocenters. The smallest absolute Gasteiger partial charge is 0.359 e. The number of sulfonamides is 1. The predicted octanol–water partition coefficient (Wildman–Crippen LogP) is 6.78. The molecule has 4 aromatic carbocycles. The first kappa shape index (κ1) is 27.6. The largest absolute Gasteiger partial charge is 0.509 e. The van der Waals surface area contributed by atoms with Crippen LogP contribution in [0.1, 0.15) is 30.4 Å². The molecule has 6 rings (SSSR count). The van der Waals surface area contributed by atoms with E-state index in [-0.39, 0.29) is 22.3 Å². The van der Waals surface area contributed by atoms with Crippen LogP contribution in [0, 0.1) is 11.8 Å². The monoisotopic (exact) mass is 580 g/mol. The van der Waals surface area contributed by atoms with Gasteiger partial charge in [0.15, 0.2) is 5.70 Å². The minimum Gasteiger partial charge on any atom is -0.509 e. The second kappa shape index (κ2) is 11.4. The van der Waals surface area contributed by atoms with Gasteiger partial charge in [-0.2, -0.15) is 0 Å². The summed E-state index contributed by atoms with van der Waals surface area (Å²) >= 11 is 0. The Labute approximate surface area is 245 Å². The number of benzene rings is 4. The first-order chi connectivity index (χ1) is 20.4. The van der Waals surface area contributed by atoms with Gasteiger partial charge in [0.05, 0.1) is 16.5 Å². The van der Waals surface area contributed by atoms with Gasteiger partial charge >= 0.3 is 5.97 Å². The van der Waals surface area contributed by atoms with Crippen LogP contribution in [0.2, 0.25) is 0 Å². The summed E-state index contributed by atoms with van der Waals surface area (Å²) in [6.45, 7) is 0. The molecule has 1 aliphatic carbocycles. The maximum absolute atomic E-state index is 13.7. The van der Waals surface area contributed by atoms with Gasteiger partial charge in [-0.3, -0.25) is 4.72 Å². The number of aryl methyl sites for hydroxylation is 1. The van der Waals surface area contributed by atoms with Gasteiger partial charge in [-0.15, -0.1) is 0 Å². The van der Waals surface area contributed by atoms with Crippen LogP contribution in [0.4, 0.5) is 11.4 Å². The van der Waals surface area contributed by atoms with Crippen molar-refractivity contribution in [1.29, 1.82) is 0 Å². The van der Waals surface area contributed by atoms with E-state index in [1.54, 1.807) is 42.5 Å². The van der Waals surface area contributed by atoms with Crippen molar-refractivity contribution >= 4 is 27.4 Å². The Kier molecular flexibility index (Phi) is 7.47. The number of cyclic esters (lactones) is 1. The summed E-state index contributed by atoms with van der Waals surface area (Å²) in [6, 6.07) is 34.4. The maximum Gasteiger partial charge on any atom is 0.359 e. The highest BCUT2D eigenvalue weighted by atomic mass is 32.2. The van der Waals surface area contributed by atoms with E-state index in [4.69, 9.17) is 4.74 Å². The van der Waals surface area contributed by atoms with Gasteiger partial charge in [-0.25, -0.2) is 13.2 Å². The zero-order valence-corrected chi connectivity index (χ0v) is 23.8. The van der Waals surface area contributed by atoms with Crippen LogP contribution in [0.3, 0.4) is 0 Å². The van der Waals surface area contributed by atoms with Gasteiger partial charge in [0.1, 0.15) is 11.4 Å². The summed E-state index contributed by atoms with van der Waals surface area (Å²) in [5, 5.41) is 14.8. The molecule has 2 atom stereocenters. The van der Waals surface area contributed by atoms with Crippen molar-refractivity contribution in [3.05, 3.63) is 138 Å². The topological polar surface area (TPSA) is 105 Å². The Bertz CT molecular complexity index is 1700. The summed E-state index contributed by atoms with van der Waals surface area (Å²) in [5.41, 5.74) is 1.68. The van der Waals surface area contributed by atoms with E-state index < -0.39 is 27.5 Å². The molecule has 1 fully saturated rings. The fraction of sp³-hybridized carbons (Fsp3) is 0.206. The molecule has 0 saturated heterocycles. The third-order valence-corrected chi connectivity index (χ3v) is 9.35. The average Bonchev–Trinajstić information content (AvgIpc) is 3.85. The van der Waals surface area contributed by atoms with Crippen LogP contribution in [-0.4, -0.2) is 19.5 Å². The Morgan fingerprint density at radius 2 is 1.43 bits per heavy atom. The molecule has 3 N–H and O–H groups in total. The lowest BCUT2D eigenvalue weighted by Crippen LogP contribution is -2.48. The molecule has 1 heterocycles. The van der Waals surface area contributed by atoms with Gasteiger partial charge in [-0.1, -0.05) is 84.9 Å². The summed E-state index contributed by atoms with van der Waals surface area (Å²) in [4.78, 5) is 13.8. The second-order valence-corrected chi connectivity index (χ2v) is 12.5. The number of nitrogens with one attached hydrogen (secondary N) is 2. The Balaban J connectivity index is 1.32. The van der Waals surface area contributed by atoms with Crippen LogP contribution < -0.4 is 10.0 Å². The molecule has 1 aliphatic heterocycles. The van der Waals surface area contributed by atoms with Crippen LogP contribution in [0.5, 0.6) is 0 Å². The summed E-state index contributed by atoms with van der Waals surface area (Å²) in [7, 11) is -3.80. The van der Waals surface area contributed by atoms with Gasteiger partial charge in [0.2, 0.25) is 0 Å². The molecule has 7 nitrogen and oxygen atoms in total. The Morgan fingerprint density at radius 1 is 0.810 bits per heavy atom. The third-order valence-electron chi connectivity index (χ3n) is 7.95. The van der Waals surface area contributed by atoms with Crippen molar-refractivity contribution in [1.82, 2.24) is 0 Å². The van der Waals surface area contributed by atoms with E-state index in [0.29, 0.717) is 24.2 Å². The molecule has 0 aromatic heterocycles. The number of ether oxygens (including phenoxy) is 1. The van der Waals surface area contributed by atoms with E-state index in [0.717, 1.165) is 24.0 Å². The summed E-state index contributed by atoms with van der Waals surface area (Å²) in [5.74, 6) is -0.948. The second-order valence-electron chi connectivity index (χ2n) is 10.8. The number of carbonyl (C=O) groups is 1. The number of hydrogen-bond donors (Lipinski definition) is 3. The lowest BCUT2D eigenvalue weighted by atomic mass is 9.72. The Morgan fingerprint density at radius 3 is 2.10 bits per heavy atom. The number of hydrogen-bond acceptors (Lipinski definition) is 6. The van der Waals surface area contributed by atoms with Crippen molar-refractivity contribution in [3.63, 3.8) is 0 Å². The fourth-order valence-corrected chi connectivity index (χ4v) is 6.88. The standard InChI is InChI=1S/C34H32N2O5S/c37-32-30(25-19-20-25)34(26-13-6-2-7-14-26,22-21-24-11-4-1-5-12-24)41-33(38)31(32)35-27-15-10-16-28(23-27)36-42(39,40)29-17-8-3-9-18-29/h1-18,23,25,30,35-37H,19-22H2. The lowest BCUT2D eigenvalue weighted by molar-refractivity contribution is -0.170. The van der Waals surface area contributed by atoms with E-state index in [1.165, 1.54) is 12.1 Å². The molecule has 0 amide bonds. The molecule has 0 radical (unpaired) electrons. The summed E-state index contributed by atoms with van der Waals surface area (Å²) in [6.07, 6.45) is 3.04. The molecule has 2 aliphatic rings. The molecule has 4 aromatic rings. The van der Waals surface area contributed by atoms with E-state index in [2.05, 4.69) is 22.2 Å². The predicted molar refractivity (Wildman–Crippen MR) is 162 cm³/mol. The number of esters is 1. The highest BCUT2D eigenvalue weighted by molar-refractivity contribution is 7.92. The molecule has 1 saturated carbocycles. The number of rotatable bonds is 10. The van der Waals surface area contributed by atoms with Gasteiger partial charge in [-0.05, 0) is 73.1 Å². The zero-order valence-electron chi connectivity index (χ0n) is 22.9. The fourth-order valence-electron chi connectivity index (χ4n) is 5.81. The number of aliphatic hydroxyl groups is 1. The van der Waals surface area contributed by atoms with Gasteiger partial charge in [0, 0.05) is 5.69 Å². The van der Waals surface area contributed by atoms with Crippen LogP contribution in [0.15, 0.2) is 132 Å². The first-order valence-electron chi connectivity index (χ1n) is 14.1. The molecular weight excluding hydrogens is 548 g/mol. The number of anilines is 2. The molecule has 42 heavy (non-hydrogen) atoms. The minimum atomic E-state index is -3.80. The molecule has 8 heteroatoms. The van der Waals surface area contributed by atoms with Crippen molar-refractivity contribution in [3.8, 4) is 0 Å². The minimum absolute atomic E-state index is 0.0266. The van der Waals surface area contributed by atoms with Gasteiger partial charge < -0.3 is 15.2 Å². The highest BCUT2D eigenvalue weighted by Gasteiger charge is 2.56. The zero-order chi connectivity index (χ0) is 29.2. The molecule has 214 valence electrons. The lowest BCUT2D eigenvalue weighted by Gasteiger charge is -2.44. The first-order valence-corrected chi connectivity index (χ1v) is 15.5. The molecule has 0 bridgehead atoms. The molecular formula is C34H32N2O5S. The maximum atomic E-state index is 13.7. The van der Waals surface area contributed by atoms with Crippen molar-refractivity contribution < 1.29 is 23.1 Å².